The molecular weight excluding hydrogens is 604 g/mol. The Balaban J connectivity index is 1.61. The Kier molecular flexibility index (Phi) is 8.72. The van der Waals surface area contributed by atoms with Gasteiger partial charge in [-0.15, -0.1) is 0 Å². The van der Waals surface area contributed by atoms with E-state index in [9.17, 15) is 42.3 Å². The molecule has 8 nitrogen and oxygen atoms in total. The number of amides is 2. The molecule has 5 rings (SSSR count). The second kappa shape index (κ2) is 12.3. The third kappa shape index (κ3) is 6.30. The van der Waals surface area contributed by atoms with Crippen LogP contribution in [0.3, 0.4) is 0 Å². The highest BCUT2D eigenvalue weighted by Gasteiger charge is 2.49. The number of aliphatic hydroxyl groups is 1. The highest BCUT2D eigenvalue weighted by atomic mass is 35.5. The molecule has 44 heavy (non-hydrogen) atoms. The van der Waals surface area contributed by atoms with Crippen LogP contribution in [0.2, 0.25) is 5.02 Å². The second-order valence-corrected chi connectivity index (χ2v) is 11.3. The molecule has 0 spiro atoms. The fourth-order valence-corrected chi connectivity index (χ4v) is 5.94. The molecule has 0 radical (unpaired) electrons. The van der Waals surface area contributed by atoms with Gasteiger partial charge in [-0.1, -0.05) is 29.8 Å². The topological polar surface area (TPSA) is 115 Å². The van der Waals surface area contributed by atoms with Gasteiger partial charge in [-0.3, -0.25) is 24.2 Å². The Morgan fingerprint density at radius 3 is 2.45 bits per heavy atom. The number of benzene rings is 2. The molecule has 1 N–H and O–H groups in total. The SMILES string of the molecule is N#Cc1ccnc(N2C(=O)[C@H](O)C[C@H]2C(=O)N(c2cc(F)cc(F)c2)[C@@H](C(=O)CCC2CC(F)(F)C2)c2ccccc2Cl)c1. The summed E-state index contributed by atoms with van der Waals surface area (Å²) in [5, 5.41) is 19.9. The predicted octanol–water partition coefficient (Wildman–Crippen LogP) is 5.52. The van der Waals surface area contributed by atoms with Crippen molar-refractivity contribution in [1.29, 1.82) is 5.26 Å². The van der Waals surface area contributed by atoms with Crippen LogP contribution in [0, 0.1) is 28.9 Å². The second-order valence-electron chi connectivity index (χ2n) is 10.9. The number of aromatic nitrogens is 1. The number of rotatable bonds is 9. The van der Waals surface area contributed by atoms with Crippen molar-refractivity contribution < 1.29 is 37.1 Å². The summed E-state index contributed by atoms with van der Waals surface area (Å²) in [5.74, 6) is -8.08. The van der Waals surface area contributed by atoms with E-state index in [4.69, 9.17) is 11.6 Å². The lowest BCUT2D eigenvalue weighted by atomic mass is 9.77. The first-order valence-electron chi connectivity index (χ1n) is 13.7. The maximum atomic E-state index is 14.6. The summed E-state index contributed by atoms with van der Waals surface area (Å²) in [6.07, 6.45) is -1.87. The minimum absolute atomic E-state index is 0.0403. The van der Waals surface area contributed by atoms with Gasteiger partial charge in [0, 0.05) is 48.5 Å². The molecule has 3 atom stereocenters. The minimum Gasteiger partial charge on any atom is -0.383 e. The van der Waals surface area contributed by atoms with Crippen LogP contribution in [0.4, 0.5) is 29.1 Å². The molecule has 1 aliphatic heterocycles. The largest absolute Gasteiger partial charge is 0.383 e. The molecule has 0 bridgehead atoms. The smallest absolute Gasteiger partial charge is 0.257 e. The quantitative estimate of drug-likeness (QED) is 0.312. The lowest BCUT2D eigenvalue weighted by molar-refractivity contribution is -0.129. The van der Waals surface area contributed by atoms with Crippen LogP contribution in [0.1, 0.15) is 49.3 Å². The number of pyridine rings is 1. The highest BCUT2D eigenvalue weighted by molar-refractivity contribution is 6.31. The molecule has 2 aromatic carbocycles. The van der Waals surface area contributed by atoms with Gasteiger partial charge in [0.1, 0.15) is 35.6 Å². The number of Topliss-reactive ketones (excluding diaryl/α,β-unsaturated/α-hetero) is 1. The molecule has 0 unspecified atom stereocenters. The number of ketones is 1. The number of halogens is 5. The molecule has 2 amide bonds. The van der Waals surface area contributed by atoms with Crippen molar-refractivity contribution in [1.82, 2.24) is 4.98 Å². The molecule has 228 valence electrons. The Bertz CT molecular complexity index is 1640. The van der Waals surface area contributed by atoms with Gasteiger partial charge in [-0.2, -0.15) is 5.26 Å². The highest BCUT2D eigenvalue weighted by Crippen LogP contribution is 2.45. The van der Waals surface area contributed by atoms with Gasteiger partial charge in [0.05, 0.1) is 17.3 Å². The Labute approximate surface area is 254 Å². The molecule has 1 saturated heterocycles. The minimum atomic E-state index is -2.81. The molecule has 1 aliphatic carbocycles. The number of alkyl halides is 2. The molecule has 13 heteroatoms. The average molecular weight is 629 g/mol. The van der Waals surface area contributed by atoms with E-state index in [0.29, 0.717) is 6.07 Å². The van der Waals surface area contributed by atoms with Crippen molar-refractivity contribution in [2.24, 2.45) is 5.92 Å². The average Bonchev–Trinajstić information content (AvgIpc) is 3.26. The first-order chi connectivity index (χ1) is 20.9. The Morgan fingerprint density at radius 2 is 1.82 bits per heavy atom. The number of aliphatic hydroxyl groups excluding tert-OH is 1. The van der Waals surface area contributed by atoms with E-state index in [1.807, 2.05) is 6.07 Å². The van der Waals surface area contributed by atoms with Crippen molar-refractivity contribution in [3.8, 4) is 6.07 Å². The first kappa shape index (κ1) is 31.1. The van der Waals surface area contributed by atoms with Crippen LogP contribution in [-0.4, -0.2) is 45.8 Å². The molecule has 2 heterocycles. The van der Waals surface area contributed by atoms with Gasteiger partial charge in [-0.25, -0.2) is 22.5 Å². The standard InChI is InChI=1S/C31H25ClF4N4O4/c32-23-4-2-1-3-22(23)28(25(41)6-5-18-14-31(35,36)15-18)39(21-11-19(33)10-20(34)12-21)29(43)24-13-26(42)30(44)40(24)27-9-17(16-37)7-8-38-27/h1-4,7-12,18,24,26,28,42H,5-6,13-15H2/t24-,26+,28+/m0/s1. The summed E-state index contributed by atoms with van der Waals surface area (Å²) >= 11 is 6.48. The van der Waals surface area contributed by atoms with Gasteiger partial charge >= 0.3 is 0 Å². The number of nitriles is 1. The van der Waals surface area contributed by atoms with E-state index in [1.165, 1.54) is 36.5 Å². The zero-order valence-electron chi connectivity index (χ0n) is 23.0. The number of carbonyl (C=O) groups is 3. The lowest BCUT2D eigenvalue weighted by Crippen LogP contribution is -2.50. The summed E-state index contributed by atoms with van der Waals surface area (Å²) in [6.45, 7) is 0. The summed E-state index contributed by atoms with van der Waals surface area (Å²) in [7, 11) is 0. The monoisotopic (exact) mass is 628 g/mol. The fraction of sp³-hybridized carbons (Fsp3) is 0.323. The molecule has 3 aromatic rings. The van der Waals surface area contributed by atoms with Crippen molar-refractivity contribution in [2.75, 3.05) is 9.80 Å². The van der Waals surface area contributed by atoms with Crippen LogP contribution in [-0.2, 0) is 14.4 Å². The number of nitrogens with zero attached hydrogens (tertiary/aromatic N) is 4. The molecule has 1 saturated carbocycles. The summed E-state index contributed by atoms with van der Waals surface area (Å²) < 4.78 is 56.2. The van der Waals surface area contributed by atoms with Gasteiger partial charge < -0.3 is 5.11 Å². The Hall–Kier alpha value is -4.34. The van der Waals surface area contributed by atoms with E-state index in [0.717, 1.165) is 21.9 Å². The van der Waals surface area contributed by atoms with Gasteiger partial charge in [0.15, 0.2) is 5.78 Å². The van der Waals surface area contributed by atoms with E-state index >= 15 is 0 Å². The number of carbonyl (C=O) groups excluding carboxylic acids is 3. The molecule has 2 fully saturated rings. The molecular formula is C31H25ClF4N4O4. The van der Waals surface area contributed by atoms with Crippen molar-refractivity contribution in [2.45, 2.75) is 56.2 Å². The number of hydrogen-bond donors (Lipinski definition) is 1. The maximum Gasteiger partial charge on any atom is 0.257 e. The van der Waals surface area contributed by atoms with Gasteiger partial charge in [0.2, 0.25) is 5.92 Å². The van der Waals surface area contributed by atoms with Gasteiger partial charge in [0.25, 0.3) is 11.8 Å². The third-order valence-electron chi connectivity index (χ3n) is 7.79. The maximum absolute atomic E-state index is 14.6. The zero-order chi connectivity index (χ0) is 31.8. The number of anilines is 2. The predicted molar refractivity (Wildman–Crippen MR) is 151 cm³/mol. The summed E-state index contributed by atoms with van der Waals surface area (Å²) in [6, 6.07) is 9.61. The molecule has 2 aliphatic rings. The fourth-order valence-electron chi connectivity index (χ4n) is 5.70. The van der Waals surface area contributed by atoms with E-state index in [2.05, 4.69) is 4.98 Å². The normalized spacial score (nSPS) is 20.1. The third-order valence-corrected chi connectivity index (χ3v) is 8.13. The first-order valence-corrected chi connectivity index (χ1v) is 14.1. The zero-order valence-corrected chi connectivity index (χ0v) is 23.7. The van der Waals surface area contributed by atoms with E-state index in [-0.39, 0.29) is 53.3 Å². The van der Waals surface area contributed by atoms with Crippen LogP contribution in [0.5, 0.6) is 0 Å². The van der Waals surface area contributed by atoms with E-state index in [1.54, 1.807) is 6.07 Å². The van der Waals surface area contributed by atoms with Crippen LogP contribution in [0.15, 0.2) is 60.8 Å². The van der Waals surface area contributed by atoms with Crippen LogP contribution >= 0.6 is 11.6 Å². The Morgan fingerprint density at radius 1 is 1.14 bits per heavy atom. The summed E-state index contributed by atoms with van der Waals surface area (Å²) in [4.78, 5) is 47.3. The lowest BCUT2D eigenvalue weighted by Gasteiger charge is -2.37. The van der Waals surface area contributed by atoms with Crippen LogP contribution < -0.4 is 9.80 Å². The van der Waals surface area contributed by atoms with Crippen LogP contribution in [0.25, 0.3) is 0 Å². The number of hydrogen-bond acceptors (Lipinski definition) is 6. The van der Waals surface area contributed by atoms with Crippen molar-refractivity contribution in [3.05, 3.63) is 88.6 Å². The molecule has 1 aromatic heterocycles. The van der Waals surface area contributed by atoms with Gasteiger partial charge in [-0.05, 0) is 42.7 Å². The van der Waals surface area contributed by atoms with Crippen molar-refractivity contribution in [3.63, 3.8) is 0 Å². The van der Waals surface area contributed by atoms with Crippen molar-refractivity contribution >= 4 is 40.7 Å². The van der Waals surface area contributed by atoms with E-state index < -0.39 is 65.7 Å². The summed E-state index contributed by atoms with van der Waals surface area (Å²) in [5.41, 5.74) is -0.184.